The van der Waals surface area contributed by atoms with E-state index in [-0.39, 0.29) is 6.10 Å². The van der Waals surface area contributed by atoms with E-state index in [0.717, 1.165) is 12.8 Å². The third kappa shape index (κ3) is 2.29. The highest BCUT2D eigenvalue weighted by Crippen LogP contribution is 2.33. The Morgan fingerprint density at radius 1 is 1.07 bits per heavy atom. The Balaban J connectivity index is 1.87. The molecule has 14 heavy (non-hydrogen) atoms. The fourth-order valence-corrected chi connectivity index (χ4v) is 2.76. The third-order valence-corrected chi connectivity index (χ3v) is 3.97. The summed E-state index contributed by atoms with van der Waals surface area (Å²) in [5, 5.41) is 13.6. The van der Waals surface area contributed by atoms with E-state index in [4.69, 9.17) is 0 Å². The standard InChI is InChI=1S/C12H23NO/c1-12(8-5-9-12)13-10-6-3-2-4-7-11(10)14/h10-11,13-14H,2-9H2,1H3. The predicted octanol–water partition coefficient (Wildman–Crippen LogP) is 2.21. The van der Waals surface area contributed by atoms with E-state index >= 15 is 0 Å². The maximum Gasteiger partial charge on any atom is 0.0693 e. The number of hydrogen-bond donors (Lipinski definition) is 2. The van der Waals surface area contributed by atoms with E-state index < -0.39 is 0 Å². The molecule has 0 aromatic heterocycles. The van der Waals surface area contributed by atoms with Crippen molar-refractivity contribution in [3.05, 3.63) is 0 Å². The molecular formula is C12H23NO. The highest BCUT2D eigenvalue weighted by atomic mass is 16.3. The second kappa shape index (κ2) is 4.19. The largest absolute Gasteiger partial charge is 0.392 e. The molecule has 2 fully saturated rings. The van der Waals surface area contributed by atoms with Crippen molar-refractivity contribution < 1.29 is 5.11 Å². The Morgan fingerprint density at radius 2 is 1.79 bits per heavy atom. The fourth-order valence-electron chi connectivity index (χ4n) is 2.76. The van der Waals surface area contributed by atoms with Crippen LogP contribution in [0.5, 0.6) is 0 Å². The molecule has 2 heteroatoms. The molecule has 2 N–H and O–H groups in total. The molecule has 2 aliphatic rings. The minimum atomic E-state index is -0.102. The molecule has 0 aliphatic heterocycles. The average molecular weight is 197 g/mol. The molecule has 2 unspecified atom stereocenters. The second-order valence-corrected chi connectivity index (χ2v) is 5.37. The first kappa shape index (κ1) is 10.4. The van der Waals surface area contributed by atoms with Gasteiger partial charge in [-0.15, -0.1) is 0 Å². The summed E-state index contributed by atoms with van der Waals surface area (Å²) in [6.07, 6.45) is 9.77. The molecule has 0 spiro atoms. The number of rotatable bonds is 2. The van der Waals surface area contributed by atoms with Crippen molar-refractivity contribution in [1.82, 2.24) is 5.32 Å². The molecule has 0 amide bonds. The van der Waals surface area contributed by atoms with Gasteiger partial charge in [0, 0.05) is 11.6 Å². The van der Waals surface area contributed by atoms with Gasteiger partial charge in [0.2, 0.25) is 0 Å². The van der Waals surface area contributed by atoms with Crippen molar-refractivity contribution in [3.8, 4) is 0 Å². The molecule has 0 aromatic rings. The topological polar surface area (TPSA) is 32.3 Å². The minimum absolute atomic E-state index is 0.102. The van der Waals surface area contributed by atoms with Crippen LogP contribution in [-0.4, -0.2) is 22.8 Å². The van der Waals surface area contributed by atoms with Crippen molar-refractivity contribution in [2.75, 3.05) is 0 Å². The second-order valence-electron chi connectivity index (χ2n) is 5.37. The van der Waals surface area contributed by atoms with Crippen LogP contribution in [-0.2, 0) is 0 Å². The van der Waals surface area contributed by atoms with Gasteiger partial charge < -0.3 is 10.4 Å². The van der Waals surface area contributed by atoms with Gasteiger partial charge in [-0.25, -0.2) is 0 Å². The zero-order chi connectivity index (χ0) is 10.0. The van der Waals surface area contributed by atoms with E-state index in [1.807, 2.05) is 0 Å². The first-order chi connectivity index (χ1) is 6.70. The lowest BCUT2D eigenvalue weighted by molar-refractivity contribution is 0.0798. The molecule has 0 radical (unpaired) electrons. The molecule has 2 atom stereocenters. The summed E-state index contributed by atoms with van der Waals surface area (Å²) in [6, 6.07) is 0.364. The molecule has 0 saturated heterocycles. The Bertz CT molecular complexity index is 189. The summed E-state index contributed by atoms with van der Waals surface area (Å²) in [5.41, 5.74) is 0.343. The van der Waals surface area contributed by atoms with Crippen LogP contribution in [0.4, 0.5) is 0 Å². The van der Waals surface area contributed by atoms with Gasteiger partial charge in [-0.3, -0.25) is 0 Å². The highest BCUT2D eigenvalue weighted by Gasteiger charge is 2.35. The zero-order valence-electron chi connectivity index (χ0n) is 9.26. The van der Waals surface area contributed by atoms with Crippen molar-refractivity contribution >= 4 is 0 Å². The lowest BCUT2D eigenvalue weighted by Gasteiger charge is -2.43. The molecule has 2 rings (SSSR count). The van der Waals surface area contributed by atoms with E-state index in [9.17, 15) is 5.11 Å². The minimum Gasteiger partial charge on any atom is -0.392 e. The molecule has 0 aromatic carbocycles. The van der Waals surface area contributed by atoms with Gasteiger partial charge in [-0.2, -0.15) is 0 Å². The Morgan fingerprint density at radius 3 is 2.43 bits per heavy atom. The highest BCUT2D eigenvalue weighted by molar-refractivity contribution is 4.95. The average Bonchev–Trinajstić information content (AvgIpc) is 2.29. The SMILES string of the molecule is CC1(NC2CCCCCC2O)CCC1. The van der Waals surface area contributed by atoms with Crippen LogP contribution in [0.1, 0.15) is 58.3 Å². The summed E-state index contributed by atoms with van der Waals surface area (Å²) in [4.78, 5) is 0. The third-order valence-electron chi connectivity index (χ3n) is 3.97. The fraction of sp³-hybridized carbons (Fsp3) is 1.00. The van der Waals surface area contributed by atoms with Gasteiger partial charge >= 0.3 is 0 Å². The lowest BCUT2D eigenvalue weighted by Crippen LogP contribution is -2.55. The summed E-state index contributed by atoms with van der Waals surface area (Å²) in [6.45, 7) is 2.30. The Labute approximate surface area is 87.1 Å². The number of nitrogens with one attached hydrogen (secondary N) is 1. The summed E-state index contributed by atoms with van der Waals surface area (Å²) in [5.74, 6) is 0. The van der Waals surface area contributed by atoms with Crippen LogP contribution >= 0.6 is 0 Å². The van der Waals surface area contributed by atoms with Gasteiger partial charge in [0.15, 0.2) is 0 Å². The van der Waals surface area contributed by atoms with E-state index in [1.54, 1.807) is 0 Å². The monoisotopic (exact) mass is 197 g/mol. The van der Waals surface area contributed by atoms with Crippen LogP contribution in [0.15, 0.2) is 0 Å². The van der Waals surface area contributed by atoms with Crippen molar-refractivity contribution in [2.24, 2.45) is 0 Å². The number of aliphatic hydroxyl groups is 1. The van der Waals surface area contributed by atoms with Crippen LogP contribution in [0.25, 0.3) is 0 Å². The lowest BCUT2D eigenvalue weighted by atomic mass is 9.77. The van der Waals surface area contributed by atoms with E-state index in [2.05, 4.69) is 12.2 Å². The van der Waals surface area contributed by atoms with Crippen molar-refractivity contribution in [2.45, 2.75) is 76.0 Å². The summed E-state index contributed by atoms with van der Waals surface area (Å²) < 4.78 is 0. The van der Waals surface area contributed by atoms with Crippen LogP contribution < -0.4 is 5.32 Å². The first-order valence-electron chi connectivity index (χ1n) is 6.15. The molecule has 0 heterocycles. The van der Waals surface area contributed by atoms with Gasteiger partial charge in [-0.05, 0) is 39.0 Å². The Kier molecular flexibility index (Phi) is 3.13. The normalized spacial score (nSPS) is 37.3. The van der Waals surface area contributed by atoms with Gasteiger partial charge in [0.25, 0.3) is 0 Å². The first-order valence-corrected chi connectivity index (χ1v) is 6.15. The molecule has 2 aliphatic carbocycles. The maximum atomic E-state index is 9.97. The van der Waals surface area contributed by atoms with Crippen LogP contribution in [0.2, 0.25) is 0 Å². The number of hydrogen-bond acceptors (Lipinski definition) is 2. The molecule has 2 saturated carbocycles. The van der Waals surface area contributed by atoms with E-state index in [0.29, 0.717) is 11.6 Å². The molecular weight excluding hydrogens is 174 g/mol. The molecule has 0 bridgehead atoms. The Hall–Kier alpha value is -0.0800. The summed E-state index contributed by atoms with van der Waals surface area (Å²) >= 11 is 0. The van der Waals surface area contributed by atoms with Gasteiger partial charge in [-0.1, -0.05) is 19.3 Å². The van der Waals surface area contributed by atoms with Crippen LogP contribution in [0.3, 0.4) is 0 Å². The van der Waals surface area contributed by atoms with E-state index in [1.165, 1.54) is 38.5 Å². The van der Waals surface area contributed by atoms with Gasteiger partial charge in [0.05, 0.1) is 6.10 Å². The van der Waals surface area contributed by atoms with Gasteiger partial charge in [0.1, 0.15) is 0 Å². The molecule has 2 nitrogen and oxygen atoms in total. The zero-order valence-corrected chi connectivity index (χ0v) is 9.26. The van der Waals surface area contributed by atoms with Crippen molar-refractivity contribution in [1.29, 1.82) is 0 Å². The maximum absolute atomic E-state index is 9.97. The smallest absolute Gasteiger partial charge is 0.0693 e. The predicted molar refractivity (Wildman–Crippen MR) is 58.3 cm³/mol. The molecule has 82 valence electrons. The van der Waals surface area contributed by atoms with Crippen molar-refractivity contribution in [3.63, 3.8) is 0 Å². The summed E-state index contributed by atoms with van der Waals surface area (Å²) in [7, 11) is 0. The number of aliphatic hydroxyl groups excluding tert-OH is 1. The quantitative estimate of drug-likeness (QED) is 0.665. The van der Waals surface area contributed by atoms with Crippen LogP contribution in [0, 0.1) is 0 Å².